The zero-order valence-corrected chi connectivity index (χ0v) is 15.6. The van der Waals surface area contributed by atoms with Crippen LogP contribution >= 0.6 is 11.8 Å². The molecule has 3 aromatic carbocycles. The van der Waals surface area contributed by atoms with Crippen LogP contribution in [-0.4, -0.2) is 20.9 Å². The monoisotopic (exact) mass is 371 g/mol. The summed E-state index contributed by atoms with van der Waals surface area (Å²) >= 11 is 1.48. The average Bonchev–Trinajstić information content (AvgIpc) is 3.11. The number of hydrogen-bond donors (Lipinski definition) is 1. The Morgan fingerprint density at radius 3 is 2.78 bits per heavy atom. The Balaban J connectivity index is 1.76. The summed E-state index contributed by atoms with van der Waals surface area (Å²) in [5, 5.41) is 19.5. The molecule has 0 spiro atoms. The molecule has 0 amide bonds. The van der Waals surface area contributed by atoms with Gasteiger partial charge >= 0.3 is 0 Å². The van der Waals surface area contributed by atoms with Crippen LogP contribution in [0.5, 0.6) is 5.75 Å². The minimum Gasteiger partial charge on any atom is -0.507 e. The molecule has 0 atom stereocenters. The van der Waals surface area contributed by atoms with Crippen molar-refractivity contribution in [3.05, 3.63) is 78.1 Å². The number of phenols is 1. The van der Waals surface area contributed by atoms with Crippen molar-refractivity contribution in [1.82, 2.24) is 9.55 Å². The molecule has 0 unspecified atom stereocenters. The number of nitrogens with zero attached hydrogens (tertiary/aromatic N) is 3. The third-order valence-electron chi connectivity index (χ3n) is 4.58. The van der Waals surface area contributed by atoms with E-state index in [1.807, 2.05) is 61.1 Å². The highest BCUT2D eigenvalue weighted by molar-refractivity contribution is 7.98. The number of phenolic OH excluding ortho intramolecular Hbond substituents is 1. The first-order chi connectivity index (χ1) is 13.2. The number of para-hydroxylation sites is 2. The predicted molar refractivity (Wildman–Crippen MR) is 109 cm³/mol. The van der Waals surface area contributed by atoms with E-state index in [0.717, 1.165) is 32.6 Å². The van der Waals surface area contributed by atoms with Crippen LogP contribution in [0.25, 0.3) is 22.2 Å². The third kappa shape index (κ3) is 3.27. The summed E-state index contributed by atoms with van der Waals surface area (Å²) in [7, 11) is 0. The van der Waals surface area contributed by atoms with Crippen LogP contribution < -0.4 is 0 Å². The minimum absolute atomic E-state index is 0.255. The number of aromatic hydroxyl groups is 1. The molecule has 0 aliphatic heterocycles. The molecule has 0 fully saturated rings. The van der Waals surface area contributed by atoms with Gasteiger partial charge in [-0.25, -0.2) is 4.98 Å². The first kappa shape index (κ1) is 17.2. The Labute approximate surface area is 161 Å². The predicted octanol–water partition coefficient (Wildman–Crippen LogP) is 5.05. The minimum atomic E-state index is 0.255. The van der Waals surface area contributed by atoms with E-state index in [9.17, 15) is 10.4 Å². The van der Waals surface area contributed by atoms with Crippen molar-refractivity contribution >= 4 is 22.8 Å². The topological polar surface area (TPSA) is 61.8 Å². The zero-order valence-electron chi connectivity index (χ0n) is 14.8. The molecule has 4 aromatic rings. The van der Waals surface area contributed by atoms with Crippen molar-refractivity contribution in [2.24, 2.45) is 0 Å². The number of aromatic nitrogens is 2. The summed E-state index contributed by atoms with van der Waals surface area (Å²) in [6.45, 7) is 0.673. The molecule has 0 bridgehead atoms. The van der Waals surface area contributed by atoms with E-state index in [2.05, 4.69) is 21.7 Å². The summed E-state index contributed by atoms with van der Waals surface area (Å²) in [6.07, 6.45) is 3.76. The van der Waals surface area contributed by atoms with Crippen molar-refractivity contribution in [3.8, 4) is 22.9 Å². The van der Waals surface area contributed by atoms with Gasteiger partial charge in [0, 0.05) is 11.4 Å². The normalized spacial score (nSPS) is 10.8. The van der Waals surface area contributed by atoms with Gasteiger partial charge in [0.1, 0.15) is 5.75 Å². The molecule has 5 heteroatoms. The van der Waals surface area contributed by atoms with Gasteiger partial charge in [-0.05, 0) is 59.3 Å². The summed E-state index contributed by atoms with van der Waals surface area (Å²) in [5.41, 5.74) is 5.55. The quantitative estimate of drug-likeness (QED) is 0.510. The van der Waals surface area contributed by atoms with Gasteiger partial charge in [-0.1, -0.05) is 24.3 Å². The van der Waals surface area contributed by atoms with Crippen molar-refractivity contribution < 1.29 is 5.11 Å². The molecule has 0 saturated heterocycles. The number of rotatable bonds is 4. The highest BCUT2D eigenvalue weighted by Crippen LogP contribution is 2.33. The Kier molecular flexibility index (Phi) is 4.57. The van der Waals surface area contributed by atoms with Crippen LogP contribution in [0.2, 0.25) is 0 Å². The van der Waals surface area contributed by atoms with Crippen molar-refractivity contribution in [2.45, 2.75) is 11.4 Å². The second-order valence-electron chi connectivity index (χ2n) is 6.24. The number of nitriles is 1. The van der Waals surface area contributed by atoms with Gasteiger partial charge in [0.2, 0.25) is 0 Å². The Bertz CT molecular complexity index is 1170. The van der Waals surface area contributed by atoms with E-state index in [0.29, 0.717) is 12.1 Å². The smallest absolute Gasteiger partial charge is 0.129 e. The lowest BCUT2D eigenvalue weighted by molar-refractivity contribution is 0.462. The fraction of sp³-hybridized carbons (Fsp3) is 0.0909. The van der Waals surface area contributed by atoms with Gasteiger partial charge < -0.3 is 9.67 Å². The molecule has 1 N–H and O–H groups in total. The Morgan fingerprint density at radius 2 is 1.96 bits per heavy atom. The van der Waals surface area contributed by atoms with Crippen molar-refractivity contribution in [3.63, 3.8) is 0 Å². The molecule has 4 rings (SSSR count). The number of fused-ring (bicyclic) bond motifs is 1. The molecule has 132 valence electrons. The summed E-state index contributed by atoms with van der Waals surface area (Å²) in [6, 6.07) is 21.6. The van der Waals surface area contributed by atoms with Gasteiger partial charge in [0.15, 0.2) is 0 Å². The van der Waals surface area contributed by atoms with E-state index in [4.69, 9.17) is 0 Å². The number of benzene rings is 3. The van der Waals surface area contributed by atoms with Crippen LogP contribution in [0.15, 0.2) is 71.9 Å². The van der Waals surface area contributed by atoms with Gasteiger partial charge in [-0.15, -0.1) is 11.8 Å². The van der Waals surface area contributed by atoms with Gasteiger partial charge in [0.05, 0.1) is 29.0 Å². The number of imidazole rings is 1. The summed E-state index contributed by atoms with van der Waals surface area (Å²) in [4.78, 5) is 5.24. The molecule has 27 heavy (non-hydrogen) atoms. The Hall–Kier alpha value is -3.23. The maximum absolute atomic E-state index is 9.94. The molecule has 0 radical (unpaired) electrons. The number of thioether (sulfide) groups is 1. The maximum Gasteiger partial charge on any atom is 0.129 e. The van der Waals surface area contributed by atoms with Crippen LogP contribution in [0.1, 0.15) is 11.1 Å². The van der Waals surface area contributed by atoms with E-state index < -0.39 is 0 Å². The zero-order chi connectivity index (χ0) is 18.8. The fourth-order valence-corrected chi connectivity index (χ4v) is 3.73. The van der Waals surface area contributed by atoms with Crippen LogP contribution in [0, 0.1) is 11.3 Å². The van der Waals surface area contributed by atoms with E-state index in [1.165, 1.54) is 11.8 Å². The molecule has 1 aromatic heterocycles. The SMILES string of the molecule is CSc1cc(-c2cc(Cn3cnc4ccccc43)ccc2C#N)ccc1O. The van der Waals surface area contributed by atoms with Crippen LogP contribution in [0.4, 0.5) is 0 Å². The highest BCUT2D eigenvalue weighted by Gasteiger charge is 2.10. The molecular weight excluding hydrogens is 354 g/mol. The molecule has 1 heterocycles. The summed E-state index contributed by atoms with van der Waals surface area (Å²) in [5.74, 6) is 0.255. The van der Waals surface area contributed by atoms with E-state index >= 15 is 0 Å². The van der Waals surface area contributed by atoms with Crippen molar-refractivity contribution in [1.29, 1.82) is 5.26 Å². The maximum atomic E-state index is 9.94. The fourth-order valence-electron chi connectivity index (χ4n) is 3.20. The van der Waals surface area contributed by atoms with Crippen LogP contribution in [-0.2, 0) is 6.54 Å². The molecular formula is C22H17N3OS. The largest absolute Gasteiger partial charge is 0.507 e. The summed E-state index contributed by atoms with van der Waals surface area (Å²) < 4.78 is 2.10. The van der Waals surface area contributed by atoms with Crippen molar-refractivity contribution in [2.75, 3.05) is 6.26 Å². The lowest BCUT2D eigenvalue weighted by atomic mass is 9.97. The number of hydrogen-bond acceptors (Lipinski definition) is 4. The van der Waals surface area contributed by atoms with Gasteiger partial charge in [-0.3, -0.25) is 0 Å². The molecule has 0 aliphatic carbocycles. The average molecular weight is 371 g/mol. The van der Waals surface area contributed by atoms with Gasteiger partial charge in [-0.2, -0.15) is 5.26 Å². The second-order valence-corrected chi connectivity index (χ2v) is 7.09. The van der Waals surface area contributed by atoms with E-state index in [-0.39, 0.29) is 5.75 Å². The molecule has 0 saturated carbocycles. The first-order valence-corrected chi connectivity index (χ1v) is 9.72. The van der Waals surface area contributed by atoms with E-state index in [1.54, 1.807) is 6.07 Å². The molecule has 4 nitrogen and oxygen atoms in total. The first-order valence-electron chi connectivity index (χ1n) is 8.50. The highest BCUT2D eigenvalue weighted by atomic mass is 32.2. The Morgan fingerprint density at radius 1 is 1.11 bits per heavy atom. The standard InChI is InChI=1S/C22H17N3OS/c1-27-22-11-16(8-9-21(22)26)18-10-15(6-7-17(18)12-23)13-25-14-24-19-4-2-3-5-20(19)25/h2-11,14,26H,13H2,1H3. The second kappa shape index (κ2) is 7.18. The lowest BCUT2D eigenvalue weighted by Gasteiger charge is -2.11. The molecule has 0 aliphatic rings. The third-order valence-corrected chi connectivity index (χ3v) is 5.34. The van der Waals surface area contributed by atoms with Gasteiger partial charge in [0.25, 0.3) is 0 Å². The lowest BCUT2D eigenvalue weighted by Crippen LogP contribution is -1.99. The van der Waals surface area contributed by atoms with Crippen LogP contribution in [0.3, 0.4) is 0 Å².